The summed E-state index contributed by atoms with van der Waals surface area (Å²) in [7, 11) is 0. The number of rotatable bonds is 10. The molecule has 0 bridgehead atoms. The van der Waals surface area contributed by atoms with Gasteiger partial charge in [0.1, 0.15) is 5.75 Å². The van der Waals surface area contributed by atoms with Crippen LogP contribution in [0.25, 0.3) is 0 Å². The van der Waals surface area contributed by atoms with E-state index in [1.165, 1.54) is 19.8 Å². The summed E-state index contributed by atoms with van der Waals surface area (Å²) < 4.78 is 5.67. The molecule has 1 saturated heterocycles. The first-order valence-electron chi connectivity index (χ1n) is 10.5. The van der Waals surface area contributed by atoms with E-state index in [0.717, 1.165) is 23.7 Å². The highest BCUT2D eigenvalue weighted by molar-refractivity contribution is 6.30. The smallest absolute Gasteiger partial charge is 0.220 e. The van der Waals surface area contributed by atoms with E-state index in [4.69, 9.17) is 16.3 Å². The molecule has 30 heavy (non-hydrogen) atoms. The molecule has 0 aromatic heterocycles. The van der Waals surface area contributed by atoms with Gasteiger partial charge in [-0.2, -0.15) is 0 Å². The van der Waals surface area contributed by atoms with Gasteiger partial charge in [0.25, 0.3) is 0 Å². The number of amides is 1. The van der Waals surface area contributed by atoms with Gasteiger partial charge in [-0.05, 0) is 81.2 Å². The fourth-order valence-corrected chi connectivity index (χ4v) is 3.93. The van der Waals surface area contributed by atoms with Crippen molar-refractivity contribution in [3.8, 4) is 5.75 Å². The third-order valence-corrected chi connectivity index (χ3v) is 5.62. The Labute approximate surface area is 183 Å². The lowest BCUT2D eigenvalue weighted by molar-refractivity contribution is -0.121. The van der Waals surface area contributed by atoms with E-state index in [9.17, 15) is 9.59 Å². The monoisotopic (exact) mass is 428 g/mol. The summed E-state index contributed by atoms with van der Waals surface area (Å²) in [6.45, 7) is 4.66. The summed E-state index contributed by atoms with van der Waals surface area (Å²) in [5, 5.41) is 3.80. The molecule has 0 saturated carbocycles. The Morgan fingerprint density at radius 2 is 1.87 bits per heavy atom. The fourth-order valence-electron chi connectivity index (χ4n) is 3.73. The summed E-state index contributed by atoms with van der Waals surface area (Å²) in [6.07, 6.45) is 3.42. The van der Waals surface area contributed by atoms with Gasteiger partial charge in [-0.15, -0.1) is 0 Å². The van der Waals surface area contributed by atoms with E-state index >= 15 is 0 Å². The number of ether oxygens (including phenoxy) is 1. The Balaban J connectivity index is 1.43. The molecule has 1 aliphatic rings. The lowest BCUT2D eigenvalue weighted by Crippen LogP contribution is -2.36. The van der Waals surface area contributed by atoms with E-state index in [-0.39, 0.29) is 17.7 Å². The lowest BCUT2D eigenvalue weighted by Gasteiger charge is -2.28. The second-order valence-corrected chi connectivity index (χ2v) is 8.09. The lowest BCUT2D eigenvalue weighted by atomic mass is 10.1. The van der Waals surface area contributed by atoms with Crippen molar-refractivity contribution < 1.29 is 14.3 Å². The third kappa shape index (κ3) is 6.57. The first-order valence-corrected chi connectivity index (χ1v) is 10.9. The number of ketones is 1. The van der Waals surface area contributed by atoms with Crippen molar-refractivity contribution in [2.75, 3.05) is 26.2 Å². The Kier molecular flexibility index (Phi) is 8.29. The van der Waals surface area contributed by atoms with Gasteiger partial charge < -0.3 is 10.1 Å². The molecule has 2 aromatic rings. The van der Waals surface area contributed by atoms with E-state index in [1.807, 2.05) is 18.2 Å². The van der Waals surface area contributed by atoms with Crippen LogP contribution < -0.4 is 10.1 Å². The van der Waals surface area contributed by atoms with Gasteiger partial charge in [0.15, 0.2) is 5.78 Å². The maximum atomic E-state index is 12.3. The Morgan fingerprint density at radius 1 is 1.13 bits per heavy atom. The Morgan fingerprint density at radius 3 is 2.53 bits per heavy atom. The number of nitrogens with one attached hydrogen (secondary N) is 1. The largest absolute Gasteiger partial charge is 0.494 e. The molecule has 0 aliphatic carbocycles. The van der Waals surface area contributed by atoms with Crippen LogP contribution in [0.2, 0.25) is 5.02 Å². The molecule has 0 spiro atoms. The second-order valence-electron chi connectivity index (χ2n) is 7.65. The number of likely N-dealkylation sites (tertiary alicyclic amines) is 1. The van der Waals surface area contributed by atoms with Crippen LogP contribution in [-0.4, -0.2) is 42.8 Å². The Bertz CT molecular complexity index is 848. The van der Waals surface area contributed by atoms with Crippen molar-refractivity contribution in [2.24, 2.45) is 0 Å². The van der Waals surface area contributed by atoms with Crippen molar-refractivity contribution in [3.63, 3.8) is 0 Å². The maximum Gasteiger partial charge on any atom is 0.220 e. The maximum absolute atomic E-state index is 12.3. The van der Waals surface area contributed by atoms with Crippen LogP contribution in [0.5, 0.6) is 5.75 Å². The number of carbonyl (C=O) groups excluding carboxylic acids is 2. The van der Waals surface area contributed by atoms with Crippen molar-refractivity contribution in [3.05, 3.63) is 64.7 Å². The SMILES string of the molecule is CC(=O)c1ccc(OCCCC(=O)NCC(c2cccc(Cl)c2)N2CCCC2)cc1. The number of hydrogen-bond donors (Lipinski definition) is 1. The average Bonchev–Trinajstić information content (AvgIpc) is 3.26. The third-order valence-electron chi connectivity index (χ3n) is 5.39. The summed E-state index contributed by atoms with van der Waals surface area (Å²) in [5.74, 6) is 0.760. The van der Waals surface area contributed by atoms with Gasteiger partial charge >= 0.3 is 0 Å². The molecule has 2 aromatic carbocycles. The first-order chi connectivity index (χ1) is 14.5. The first kappa shape index (κ1) is 22.3. The van der Waals surface area contributed by atoms with Gasteiger partial charge in [-0.1, -0.05) is 23.7 Å². The van der Waals surface area contributed by atoms with Crippen LogP contribution >= 0.6 is 11.6 Å². The van der Waals surface area contributed by atoms with Gasteiger partial charge in [0, 0.05) is 23.6 Å². The predicted octanol–water partition coefficient (Wildman–Crippen LogP) is 4.65. The number of Topliss-reactive ketones (excluding diaryl/α,β-unsaturated/α-hetero) is 1. The van der Waals surface area contributed by atoms with Gasteiger partial charge in [-0.25, -0.2) is 0 Å². The minimum Gasteiger partial charge on any atom is -0.494 e. The molecule has 3 rings (SSSR count). The quantitative estimate of drug-likeness (QED) is 0.442. The fraction of sp³-hybridized carbons (Fsp3) is 0.417. The van der Waals surface area contributed by atoms with Crippen LogP contribution in [-0.2, 0) is 4.79 Å². The molecule has 1 atom stereocenters. The zero-order valence-electron chi connectivity index (χ0n) is 17.4. The van der Waals surface area contributed by atoms with E-state index in [1.54, 1.807) is 24.3 Å². The highest BCUT2D eigenvalue weighted by Gasteiger charge is 2.24. The summed E-state index contributed by atoms with van der Waals surface area (Å²) in [5.41, 5.74) is 1.80. The van der Waals surface area contributed by atoms with Crippen LogP contribution in [0.3, 0.4) is 0 Å². The van der Waals surface area contributed by atoms with Gasteiger partial charge in [0.05, 0.1) is 12.6 Å². The highest BCUT2D eigenvalue weighted by atomic mass is 35.5. The molecular weight excluding hydrogens is 400 g/mol. The average molecular weight is 429 g/mol. The summed E-state index contributed by atoms with van der Waals surface area (Å²) in [4.78, 5) is 26.1. The molecular formula is C24H29ClN2O3. The molecule has 1 unspecified atom stereocenters. The van der Waals surface area contributed by atoms with Gasteiger partial charge in [0.2, 0.25) is 5.91 Å². The molecule has 5 nitrogen and oxygen atoms in total. The normalized spacial score (nSPS) is 15.0. The van der Waals surface area contributed by atoms with Crippen LogP contribution in [0.15, 0.2) is 48.5 Å². The van der Waals surface area contributed by atoms with Crippen molar-refractivity contribution in [1.82, 2.24) is 10.2 Å². The van der Waals surface area contributed by atoms with Crippen molar-refractivity contribution in [1.29, 1.82) is 0 Å². The molecule has 1 fully saturated rings. The number of nitrogens with zero attached hydrogens (tertiary/aromatic N) is 1. The van der Waals surface area contributed by atoms with Crippen molar-refractivity contribution in [2.45, 2.75) is 38.6 Å². The van der Waals surface area contributed by atoms with Crippen molar-refractivity contribution >= 4 is 23.3 Å². The predicted molar refractivity (Wildman–Crippen MR) is 119 cm³/mol. The summed E-state index contributed by atoms with van der Waals surface area (Å²) >= 11 is 6.18. The van der Waals surface area contributed by atoms with Gasteiger partial charge in [-0.3, -0.25) is 14.5 Å². The molecule has 1 heterocycles. The number of carbonyl (C=O) groups is 2. The van der Waals surface area contributed by atoms with Crippen LogP contribution in [0.4, 0.5) is 0 Å². The topological polar surface area (TPSA) is 58.6 Å². The second kappa shape index (κ2) is 11.1. The molecule has 1 amide bonds. The minimum absolute atomic E-state index is 0.0248. The van der Waals surface area contributed by atoms with Crippen LogP contribution in [0, 0.1) is 0 Å². The zero-order valence-corrected chi connectivity index (χ0v) is 18.2. The Hall–Kier alpha value is -2.37. The number of hydrogen-bond acceptors (Lipinski definition) is 4. The number of benzene rings is 2. The highest BCUT2D eigenvalue weighted by Crippen LogP contribution is 2.26. The minimum atomic E-state index is 0.0248. The standard InChI is InChI=1S/C24H29ClN2O3/c1-18(28)19-9-11-22(12-10-19)30-15-5-8-24(29)26-17-23(27-13-2-3-14-27)20-6-4-7-21(25)16-20/h4,6-7,9-12,16,23H,2-3,5,8,13-15,17H2,1H3,(H,26,29). The molecule has 0 radical (unpaired) electrons. The summed E-state index contributed by atoms with van der Waals surface area (Å²) in [6, 6.07) is 15.1. The molecule has 1 N–H and O–H groups in total. The zero-order chi connectivity index (χ0) is 21.3. The van der Waals surface area contributed by atoms with E-state index in [2.05, 4.69) is 16.3 Å². The molecule has 1 aliphatic heterocycles. The van der Waals surface area contributed by atoms with Crippen LogP contribution in [0.1, 0.15) is 54.6 Å². The van der Waals surface area contributed by atoms with E-state index < -0.39 is 0 Å². The van der Waals surface area contributed by atoms with E-state index in [0.29, 0.717) is 37.3 Å². The molecule has 160 valence electrons. The molecule has 6 heteroatoms. The number of halogens is 1.